The summed E-state index contributed by atoms with van der Waals surface area (Å²) in [5.41, 5.74) is 0.366. The fourth-order valence-corrected chi connectivity index (χ4v) is 2.26. The van der Waals surface area contributed by atoms with Gasteiger partial charge in [0.25, 0.3) is 0 Å². The second kappa shape index (κ2) is 5.97. The van der Waals surface area contributed by atoms with Crippen LogP contribution in [-0.4, -0.2) is 16.3 Å². The summed E-state index contributed by atoms with van der Waals surface area (Å²) in [4.78, 5) is 8.01. The molecule has 3 nitrogen and oxygen atoms in total. The van der Waals surface area contributed by atoms with E-state index >= 15 is 0 Å². The van der Waals surface area contributed by atoms with Crippen molar-refractivity contribution in [2.45, 2.75) is 0 Å². The highest BCUT2D eigenvalue weighted by Gasteiger charge is 2.07. The summed E-state index contributed by atoms with van der Waals surface area (Å²) in [7, 11) is 0. The summed E-state index contributed by atoms with van der Waals surface area (Å²) >= 11 is 23.3. The average Bonchev–Trinajstić information content (AvgIpc) is 2.33. The molecule has 1 aromatic carbocycles. The molecule has 0 aliphatic carbocycles. The topological polar surface area (TPSA) is 45.5 Å². The molecule has 0 saturated heterocycles. The summed E-state index contributed by atoms with van der Waals surface area (Å²) in [6, 6.07) is 4.48. The van der Waals surface area contributed by atoms with Crippen molar-refractivity contribution in [3.05, 3.63) is 50.0 Å². The number of aromatic hydroxyl groups is 1. The van der Waals surface area contributed by atoms with Crippen molar-refractivity contribution in [1.29, 1.82) is 0 Å². The maximum absolute atomic E-state index is 9.76. The molecular formula is C12H6Cl4N2O. The Labute approximate surface area is 129 Å². The summed E-state index contributed by atoms with van der Waals surface area (Å²) in [6.07, 6.45) is 2.79. The maximum Gasteiger partial charge on any atom is 0.170 e. The van der Waals surface area contributed by atoms with Crippen LogP contribution in [0.1, 0.15) is 5.56 Å². The SMILES string of the molecule is Oc1c(Cl)cc(Cl)cc1C=Nc1ncc(Cl)cc1Cl. The molecule has 2 rings (SSSR count). The molecule has 7 heteroatoms. The lowest BCUT2D eigenvalue weighted by molar-refractivity contribution is 0.475. The molecule has 98 valence electrons. The van der Waals surface area contributed by atoms with Gasteiger partial charge >= 0.3 is 0 Å². The number of phenols is 1. The lowest BCUT2D eigenvalue weighted by Crippen LogP contribution is -1.85. The fourth-order valence-electron chi connectivity index (χ4n) is 1.32. The average molecular weight is 336 g/mol. The molecule has 0 aliphatic heterocycles. The number of nitrogens with zero attached hydrogens (tertiary/aromatic N) is 2. The first kappa shape index (κ1) is 14.4. The normalized spacial score (nSPS) is 11.2. The minimum atomic E-state index is -0.111. The number of benzene rings is 1. The number of rotatable bonds is 2. The molecule has 2 aromatic rings. The predicted octanol–water partition coefficient (Wildman–Crippen LogP) is 5.15. The predicted molar refractivity (Wildman–Crippen MR) is 79.6 cm³/mol. The Morgan fingerprint density at radius 2 is 1.68 bits per heavy atom. The van der Waals surface area contributed by atoms with Crippen molar-refractivity contribution in [3.63, 3.8) is 0 Å². The minimum absolute atomic E-state index is 0.111. The Hall–Kier alpha value is -1.000. The van der Waals surface area contributed by atoms with Crippen LogP contribution in [0.4, 0.5) is 5.82 Å². The van der Waals surface area contributed by atoms with Crippen LogP contribution in [-0.2, 0) is 0 Å². The van der Waals surface area contributed by atoms with Gasteiger partial charge in [-0.3, -0.25) is 0 Å². The van der Waals surface area contributed by atoms with Crippen LogP contribution in [0.3, 0.4) is 0 Å². The van der Waals surface area contributed by atoms with E-state index in [0.29, 0.717) is 20.6 Å². The Morgan fingerprint density at radius 1 is 1.00 bits per heavy atom. The van der Waals surface area contributed by atoms with Gasteiger partial charge in [-0.25, -0.2) is 9.98 Å². The van der Waals surface area contributed by atoms with Gasteiger partial charge in [-0.15, -0.1) is 0 Å². The van der Waals surface area contributed by atoms with Crippen molar-refractivity contribution < 1.29 is 5.11 Å². The van der Waals surface area contributed by atoms with Crippen LogP contribution in [0.2, 0.25) is 20.1 Å². The molecule has 0 atom stereocenters. The highest BCUT2D eigenvalue weighted by atomic mass is 35.5. The van der Waals surface area contributed by atoms with Gasteiger partial charge in [-0.2, -0.15) is 0 Å². The summed E-state index contributed by atoms with van der Waals surface area (Å²) in [5, 5.41) is 11.0. The Morgan fingerprint density at radius 3 is 2.37 bits per heavy atom. The van der Waals surface area contributed by atoms with Gasteiger partial charge in [0.05, 0.1) is 15.1 Å². The van der Waals surface area contributed by atoms with Crippen molar-refractivity contribution in [3.8, 4) is 5.75 Å². The summed E-state index contributed by atoms with van der Waals surface area (Å²) in [5.74, 6) is 0.168. The largest absolute Gasteiger partial charge is 0.506 e. The molecule has 0 bridgehead atoms. The Kier molecular flexibility index (Phi) is 4.53. The van der Waals surface area contributed by atoms with E-state index in [9.17, 15) is 5.11 Å². The molecule has 0 saturated carbocycles. The monoisotopic (exact) mass is 334 g/mol. The maximum atomic E-state index is 9.76. The molecule has 0 fully saturated rings. The first-order valence-corrected chi connectivity index (χ1v) is 6.51. The standard InChI is InChI=1S/C12H6Cl4N2O/c13-7-1-6(11(19)9(15)2-7)4-17-12-10(16)3-8(14)5-18-12/h1-5,19H. The van der Waals surface area contributed by atoms with Gasteiger partial charge in [0, 0.05) is 23.0 Å². The highest BCUT2D eigenvalue weighted by molar-refractivity contribution is 6.36. The Balaban J connectivity index is 2.38. The van der Waals surface area contributed by atoms with E-state index in [1.165, 1.54) is 30.6 Å². The van der Waals surface area contributed by atoms with Crippen molar-refractivity contribution in [1.82, 2.24) is 4.98 Å². The van der Waals surface area contributed by atoms with Gasteiger partial charge in [-0.1, -0.05) is 46.4 Å². The van der Waals surface area contributed by atoms with E-state index in [1.54, 1.807) is 0 Å². The molecule has 0 unspecified atom stereocenters. The zero-order valence-corrected chi connectivity index (χ0v) is 12.3. The molecule has 1 aromatic heterocycles. The molecule has 19 heavy (non-hydrogen) atoms. The smallest absolute Gasteiger partial charge is 0.170 e. The van der Waals surface area contributed by atoms with E-state index in [1.807, 2.05) is 0 Å². The third-order valence-electron chi connectivity index (χ3n) is 2.17. The first-order chi connectivity index (χ1) is 8.97. The molecule has 0 amide bonds. The Bertz CT molecular complexity index is 658. The van der Waals surface area contributed by atoms with E-state index in [2.05, 4.69) is 9.98 Å². The van der Waals surface area contributed by atoms with E-state index < -0.39 is 0 Å². The number of aliphatic imine (C=N–C) groups is 1. The van der Waals surface area contributed by atoms with Crippen LogP contribution in [0.15, 0.2) is 29.4 Å². The molecular weight excluding hydrogens is 330 g/mol. The number of phenolic OH excluding ortho intramolecular Hbond substituents is 1. The zero-order chi connectivity index (χ0) is 14.0. The van der Waals surface area contributed by atoms with Gasteiger partial charge in [0.15, 0.2) is 5.82 Å². The van der Waals surface area contributed by atoms with Crippen LogP contribution in [0.5, 0.6) is 5.75 Å². The summed E-state index contributed by atoms with van der Waals surface area (Å²) < 4.78 is 0. The number of halogens is 4. The molecule has 0 spiro atoms. The van der Waals surface area contributed by atoms with Crippen molar-refractivity contribution in [2.75, 3.05) is 0 Å². The first-order valence-electron chi connectivity index (χ1n) is 5.00. The second-order valence-corrected chi connectivity index (χ2v) is 5.23. The van der Waals surface area contributed by atoms with Gasteiger partial charge in [0.1, 0.15) is 5.75 Å². The van der Waals surface area contributed by atoms with Crippen molar-refractivity contribution >= 4 is 58.4 Å². The third-order valence-corrected chi connectivity index (χ3v) is 3.16. The molecule has 1 heterocycles. The van der Waals surface area contributed by atoms with E-state index in [4.69, 9.17) is 46.4 Å². The number of hydrogen-bond acceptors (Lipinski definition) is 3. The molecule has 1 N–H and O–H groups in total. The zero-order valence-electron chi connectivity index (χ0n) is 9.24. The fraction of sp³-hybridized carbons (Fsp3) is 0. The highest BCUT2D eigenvalue weighted by Crippen LogP contribution is 2.31. The van der Waals surface area contributed by atoms with Gasteiger partial charge in [-0.05, 0) is 18.2 Å². The van der Waals surface area contributed by atoms with Gasteiger partial charge < -0.3 is 5.11 Å². The van der Waals surface area contributed by atoms with Crippen LogP contribution in [0.25, 0.3) is 0 Å². The third kappa shape index (κ3) is 3.51. The van der Waals surface area contributed by atoms with Crippen LogP contribution < -0.4 is 0 Å². The lowest BCUT2D eigenvalue weighted by atomic mass is 10.2. The minimum Gasteiger partial charge on any atom is -0.506 e. The van der Waals surface area contributed by atoms with E-state index in [0.717, 1.165) is 0 Å². The summed E-state index contributed by atoms with van der Waals surface area (Å²) in [6.45, 7) is 0. The molecule has 0 aliphatic rings. The second-order valence-electron chi connectivity index (χ2n) is 3.54. The van der Waals surface area contributed by atoms with Crippen LogP contribution >= 0.6 is 46.4 Å². The number of pyridine rings is 1. The van der Waals surface area contributed by atoms with E-state index in [-0.39, 0.29) is 16.6 Å². The van der Waals surface area contributed by atoms with Gasteiger partial charge in [0.2, 0.25) is 0 Å². The van der Waals surface area contributed by atoms with Crippen molar-refractivity contribution in [2.24, 2.45) is 4.99 Å². The number of aromatic nitrogens is 1. The van der Waals surface area contributed by atoms with Crippen LogP contribution in [0, 0.1) is 0 Å². The lowest BCUT2D eigenvalue weighted by Gasteiger charge is -2.02. The molecule has 0 radical (unpaired) electrons. The number of hydrogen-bond donors (Lipinski definition) is 1. The quantitative estimate of drug-likeness (QED) is 0.771.